The lowest BCUT2D eigenvalue weighted by molar-refractivity contribution is -0.148. The SMILES string of the molecule is CCOC(=O)[C@H]1CC(=O)N(Cc2ccc(OC)cc2)[C@@H]1C. The zero-order valence-corrected chi connectivity index (χ0v) is 12.7. The van der Waals surface area contributed by atoms with Gasteiger partial charge in [0.2, 0.25) is 5.91 Å². The molecule has 5 heteroatoms. The molecule has 0 N–H and O–H groups in total. The summed E-state index contributed by atoms with van der Waals surface area (Å²) in [4.78, 5) is 25.7. The number of ether oxygens (including phenoxy) is 2. The Labute approximate surface area is 124 Å². The van der Waals surface area contributed by atoms with Gasteiger partial charge in [-0.3, -0.25) is 9.59 Å². The average Bonchev–Trinajstić information content (AvgIpc) is 2.76. The molecule has 1 aliphatic rings. The van der Waals surface area contributed by atoms with Crippen LogP contribution in [0.3, 0.4) is 0 Å². The number of rotatable bonds is 5. The lowest BCUT2D eigenvalue weighted by Crippen LogP contribution is -2.35. The maximum Gasteiger partial charge on any atom is 0.311 e. The van der Waals surface area contributed by atoms with Gasteiger partial charge >= 0.3 is 5.97 Å². The largest absolute Gasteiger partial charge is 0.497 e. The molecule has 0 unspecified atom stereocenters. The van der Waals surface area contributed by atoms with Crippen molar-refractivity contribution in [2.75, 3.05) is 13.7 Å². The van der Waals surface area contributed by atoms with Crippen LogP contribution in [0.2, 0.25) is 0 Å². The Hall–Kier alpha value is -2.04. The highest BCUT2D eigenvalue weighted by Crippen LogP contribution is 2.28. The van der Waals surface area contributed by atoms with Crippen LogP contribution in [-0.4, -0.2) is 36.5 Å². The second kappa shape index (κ2) is 6.61. The fourth-order valence-electron chi connectivity index (χ4n) is 2.61. The molecule has 0 aliphatic carbocycles. The third-order valence-electron chi connectivity index (χ3n) is 3.89. The monoisotopic (exact) mass is 291 g/mol. The maximum absolute atomic E-state index is 12.1. The molecule has 114 valence electrons. The molecule has 0 radical (unpaired) electrons. The molecule has 1 aromatic carbocycles. The number of likely N-dealkylation sites (tertiary alicyclic amines) is 1. The minimum Gasteiger partial charge on any atom is -0.497 e. The van der Waals surface area contributed by atoms with E-state index in [4.69, 9.17) is 9.47 Å². The van der Waals surface area contributed by atoms with E-state index in [0.29, 0.717) is 13.2 Å². The first-order valence-corrected chi connectivity index (χ1v) is 7.15. The van der Waals surface area contributed by atoms with Crippen molar-refractivity contribution in [1.29, 1.82) is 0 Å². The highest BCUT2D eigenvalue weighted by atomic mass is 16.5. The summed E-state index contributed by atoms with van der Waals surface area (Å²) in [6, 6.07) is 7.44. The van der Waals surface area contributed by atoms with Crippen LogP contribution in [0.1, 0.15) is 25.8 Å². The van der Waals surface area contributed by atoms with Crippen LogP contribution in [0.25, 0.3) is 0 Å². The van der Waals surface area contributed by atoms with E-state index in [1.165, 1.54) is 0 Å². The van der Waals surface area contributed by atoms with Gasteiger partial charge in [-0.1, -0.05) is 12.1 Å². The zero-order valence-electron chi connectivity index (χ0n) is 12.7. The van der Waals surface area contributed by atoms with Crippen molar-refractivity contribution in [3.63, 3.8) is 0 Å². The Morgan fingerprint density at radius 1 is 1.33 bits per heavy atom. The lowest BCUT2D eigenvalue weighted by atomic mass is 10.0. The van der Waals surface area contributed by atoms with Crippen LogP contribution in [0.5, 0.6) is 5.75 Å². The number of nitrogens with zero attached hydrogens (tertiary/aromatic N) is 1. The van der Waals surface area contributed by atoms with Crippen molar-refractivity contribution in [2.24, 2.45) is 5.92 Å². The molecule has 2 rings (SSSR count). The van der Waals surface area contributed by atoms with E-state index in [-0.39, 0.29) is 30.3 Å². The molecular weight excluding hydrogens is 270 g/mol. The van der Waals surface area contributed by atoms with Crippen LogP contribution in [0, 0.1) is 5.92 Å². The molecule has 5 nitrogen and oxygen atoms in total. The molecule has 1 heterocycles. The van der Waals surface area contributed by atoms with Crippen molar-refractivity contribution >= 4 is 11.9 Å². The van der Waals surface area contributed by atoms with Crippen molar-refractivity contribution in [1.82, 2.24) is 4.90 Å². The highest BCUT2D eigenvalue weighted by Gasteiger charge is 2.41. The van der Waals surface area contributed by atoms with E-state index in [1.54, 1.807) is 18.9 Å². The molecule has 1 saturated heterocycles. The quantitative estimate of drug-likeness (QED) is 0.779. The number of amides is 1. The van der Waals surface area contributed by atoms with Gasteiger partial charge in [-0.05, 0) is 31.5 Å². The number of hydrogen-bond donors (Lipinski definition) is 0. The van der Waals surface area contributed by atoms with Crippen LogP contribution in [-0.2, 0) is 20.9 Å². The second-order valence-electron chi connectivity index (χ2n) is 5.17. The molecule has 0 spiro atoms. The van der Waals surface area contributed by atoms with E-state index >= 15 is 0 Å². The van der Waals surface area contributed by atoms with E-state index in [0.717, 1.165) is 11.3 Å². The summed E-state index contributed by atoms with van der Waals surface area (Å²) in [7, 11) is 1.62. The van der Waals surface area contributed by atoms with Gasteiger partial charge in [0.05, 0.1) is 19.6 Å². The third-order valence-corrected chi connectivity index (χ3v) is 3.89. The normalized spacial score (nSPS) is 21.5. The highest BCUT2D eigenvalue weighted by molar-refractivity contribution is 5.87. The summed E-state index contributed by atoms with van der Waals surface area (Å²) in [5.74, 6) is 0.131. The lowest BCUT2D eigenvalue weighted by Gasteiger charge is -2.24. The fraction of sp³-hybridized carbons (Fsp3) is 0.500. The molecule has 1 amide bonds. The van der Waals surface area contributed by atoms with Crippen molar-refractivity contribution in [3.8, 4) is 5.75 Å². The minimum absolute atomic E-state index is 0.00336. The van der Waals surface area contributed by atoms with Crippen molar-refractivity contribution in [2.45, 2.75) is 32.9 Å². The number of carbonyl (C=O) groups excluding carboxylic acids is 2. The average molecular weight is 291 g/mol. The topological polar surface area (TPSA) is 55.8 Å². The summed E-state index contributed by atoms with van der Waals surface area (Å²) in [5, 5.41) is 0. The van der Waals surface area contributed by atoms with Gasteiger partial charge in [0.15, 0.2) is 0 Å². The summed E-state index contributed by atoms with van der Waals surface area (Å²) in [5.41, 5.74) is 1.01. The van der Waals surface area contributed by atoms with Crippen LogP contribution in [0.15, 0.2) is 24.3 Å². The zero-order chi connectivity index (χ0) is 15.4. The summed E-state index contributed by atoms with van der Waals surface area (Å²) in [6.07, 6.45) is 0.232. The standard InChI is InChI=1S/C16H21NO4/c1-4-21-16(19)14-9-15(18)17(11(14)2)10-12-5-7-13(20-3)8-6-12/h5-8,11,14H,4,9-10H2,1-3H3/t11-,14+/m1/s1. The van der Waals surface area contributed by atoms with Gasteiger partial charge in [0.1, 0.15) is 5.75 Å². The Kier molecular flexibility index (Phi) is 4.83. The molecular formula is C16H21NO4. The maximum atomic E-state index is 12.1. The molecule has 0 aromatic heterocycles. The summed E-state index contributed by atoms with van der Waals surface area (Å²) in [6.45, 7) is 4.51. The molecule has 1 fully saturated rings. The van der Waals surface area contributed by atoms with Gasteiger partial charge in [-0.2, -0.15) is 0 Å². The number of benzene rings is 1. The molecule has 1 aliphatic heterocycles. The Balaban J connectivity index is 2.05. The predicted molar refractivity (Wildman–Crippen MR) is 77.7 cm³/mol. The van der Waals surface area contributed by atoms with E-state index in [1.807, 2.05) is 31.2 Å². The third kappa shape index (κ3) is 3.35. The fourth-order valence-corrected chi connectivity index (χ4v) is 2.61. The van der Waals surface area contributed by atoms with Gasteiger partial charge in [-0.25, -0.2) is 0 Å². The van der Waals surface area contributed by atoms with Crippen molar-refractivity contribution in [3.05, 3.63) is 29.8 Å². The summed E-state index contributed by atoms with van der Waals surface area (Å²) < 4.78 is 10.2. The van der Waals surface area contributed by atoms with Gasteiger partial charge in [-0.15, -0.1) is 0 Å². The van der Waals surface area contributed by atoms with Crippen LogP contribution < -0.4 is 4.74 Å². The van der Waals surface area contributed by atoms with E-state index < -0.39 is 0 Å². The second-order valence-corrected chi connectivity index (χ2v) is 5.17. The van der Waals surface area contributed by atoms with Gasteiger partial charge in [0.25, 0.3) is 0 Å². The van der Waals surface area contributed by atoms with Crippen molar-refractivity contribution < 1.29 is 19.1 Å². The number of esters is 1. The Morgan fingerprint density at radius 3 is 2.57 bits per heavy atom. The Bertz CT molecular complexity index is 512. The molecule has 21 heavy (non-hydrogen) atoms. The first-order valence-electron chi connectivity index (χ1n) is 7.15. The first kappa shape index (κ1) is 15.4. The molecule has 1 aromatic rings. The number of methoxy groups -OCH3 is 1. The minimum atomic E-state index is -0.365. The van der Waals surface area contributed by atoms with Gasteiger partial charge < -0.3 is 14.4 Å². The molecule has 2 atom stereocenters. The first-order chi connectivity index (χ1) is 10.1. The molecule has 0 saturated carbocycles. The van der Waals surface area contributed by atoms with E-state index in [2.05, 4.69) is 0 Å². The summed E-state index contributed by atoms with van der Waals surface area (Å²) >= 11 is 0. The Morgan fingerprint density at radius 2 is 2.00 bits per heavy atom. The number of hydrogen-bond acceptors (Lipinski definition) is 4. The predicted octanol–water partition coefficient (Wildman–Crippen LogP) is 2.00. The van der Waals surface area contributed by atoms with Crippen LogP contribution in [0.4, 0.5) is 0 Å². The number of carbonyl (C=O) groups is 2. The smallest absolute Gasteiger partial charge is 0.311 e. The van der Waals surface area contributed by atoms with Crippen LogP contribution >= 0.6 is 0 Å². The van der Waals surface area contributed by atoms with Gasteiger partial charge in [0, 0.05) is 19.0 Å². The van der Waals surface area contributed by atoms with E-state index in [9.17, 15) is 9.59 Å². The molecule has 0 bridgehead atoms.